The van der Waals surface area contributed by atoms with E-state index >= 15 is 0 Å². The Morgan fingerprint density at radius 1 is 1.40 bits per heavy atom. The van der Waals surface area contributed by atoms with Crippen LogP contribution in [0.15, 0.2) is 39.5 Å². The first-order valence-electron chi connectivity index (χ1n) is 6.55. The van der Waals surface area contributed by atoms with Crippen LogP contribution in [0.5, 0.6) is 0 Å². The lowest BCUT2D eigenvalue weighted by Crippen LogP contribution is -2.03. The van der Waals surface area contributed by atoms with E-state index in [0.717, 1.165) is 32.5 Å². The maximum Gasteiger partial charge on any atom is 0.0854 e. The number of halogens is 1. The van der Waals surface area contributed by atoms with Crippen LogP contribution >= 0.6 is 27.3 Å². The summed E-state index contributed by atoms with van der Waals surface area (Å²) in [6, 6.07) is 10.1. The molecule has 0 aliphatic heterocycles. The van der Waals surface area contributed by atoms with Crippen LogP contribution in [0.25, 0.3) is 10.9 Å². The van der Waals surface area contributed by atoms with Gasteiger partial charge in [-0.1, -0.05) is 18.2 Å². The number of aryl methyl sites for hydroxylation is 1. The maximum absolute atomic E-state index is 10.4. The summed E-state index contributed by atoms with van der Waals surface area (Å²) < 4.78 is 3.02. The van der Waals surface area contributed by atoms with E-state index in [4.69, 9.17) is 0 Å². The summed E-state index contributed by atoms with van der Waals surface area (Å²) in [5.41, 5.74) is 3.03. The summed E-state index contributed by atoms with van der Waals surface area (Å²) in [4.78, 5) is 0. The number of rotatable bonds is 4. The molecule has 0 bridgehead atoms. The van der Waals surface area contributed by atoms with Gasteiger partial charge in [0.25, 0.3) is 0 Å². The summed E-state index contributed by atoms with van der Waals surface area (Å²) in [6.07, 6.45) is 0.0256. The lowest BCUT2D eigenvalue weighted by atomic mass is 10.1. The molecule has 3 rings (SSSR count). The normalized spacial score (nSPS) is 12.9. The molecule has 0 radical (unpaired) electrons. The van der Waals surface area contributed by atoms with E-state index in [9.17, 15) is 5.11 Å². The Hall–Kier alpha value is -1.17. The van der Waals surface area contributed by atoms with E-state index in [0.29, 0.717) is 6.42 Å². The Morgan fingerprint density at radius 3 is 2.90 bits per heavy atom. The van der Waals surface area contributed by atoms with Crippen molar-refractivity contribution < 1.29 is 5.11 Å². The van der Waals surface area contributed by atoms with Crippen LogP contribution in [0.2, 0.25) is 0 Å². The van der Waals surface area contributed by atoms with Crippen molar-refractivity contribution >= 4 is 38.2 Å². The molecule has 1 N–H and O–H groups in total. The van der Waals surface area contributed by atoms with E-state index in [1.54, 1.807) is 11.3 Å². The molecule has 3 nitrogen and oxygen atoms in total. The number of aromatic nitrogens is 2. The molecule has 5 heteroatoms. The monoisotopic (exact) mass is 350 g/mol. The maximum atomic E-state index is 10.4. The van der Waals surface area contributed by atoms with Gasteiger partial charge in [-0.3, -0.25) is 4.68 Å². The minimum Gasteiger partial charge on any atom is -0.388 e. The van der Waals surface area contributed by atoms with Crippen molar-refractivity contribution in [1.29, 1.82) is 0 Å². The molecule has 2 heterocycles. The minimum atomic E-state index is -0.513. The fourth-order valence-electron chi connectivity index (χ4n) is 2.39. The molecule has 0 fully saturated rings. The Kier molecular flexibility index (Phi) is 3.92. The Balaban J connectivity index is 1.94. The highest BCUT2D eigenvalue weighted by molar-refractivity contribution is 9.11. The van der Waals surface area contributed by atoms with Crippen molar-refractivity contribution in [2.24, 2.45) is 0 Å². The third-order valence-electron chi connectivity index (χ3n) is 3.39. The van der Waals surface area contributed by atoms with Crippen LogP contribution in [0, 0.1) is 0 Å². The minimum absolute atomic E-state index is 0.513. The van der Waals surface area contributed by atoms with Crippen molar-refractivity contribution in [3.05, 3.63) is 50.8 Å². The smallest absolute Gasteiger partial charge is 0.0854 e. The van der Waals surface area contributed by atoms with Crippen molar-refractivity contribution in [2.75, 3.05) is 0 Å². The fraction of sp³-hybridized carbons (Fsp3) is 0.267. The topological polar surface area (TPSA) is 38.0 Å². The van der Waals surface area contributed by atoms with Crippen molar-refractivity contribution in [3.8, 4) is 0 Å². The summed E-state index contributed by atoms with van der Waals surface area (Å²) >= 11 is 5.02. The Bertz CT molecular complexity index is 734. The van der Waals surface area contributed by atoms with E-state index in [1.807, 2.05) is 28.3 Å². The number of para-hydroxylation sites is 1. The number of hydrogen-bond donors (Lipinski definition) is 1. The van der Waals surface area contributed by atoms with Crippen LogP contribution in [-0.2, 0) is 13.0 Å². The first-order valence-corrected chi connectivity index (χ1v) is 8.22. The molecule has 1 atom stereocenters. The van der Waals surface area contributed by atoms with E-state index < -0.39 is 6.10 Å². The van der Waals surface area contributed by atoms with Gasteiger partial charge in [0.2, 0.25) is 0 Å². The number of aliphatic hydroxyl groups is 1. The molecule has 20 heavy (non-hydrogen) atoms. The van der Waals surface area contributed by atoms with Gasteiger partial charge in [0, 0.05) is 18.4 Å². The first-order chi connectivity index (χ1) is 9.69. The molecule has 104 valence electrons. The molecule has 0 amide bonds. The molecule has 0 saturated carbocycles. The van der Waals surface area contributed by atoms with Crippen molar-refractivity contribution in [1.82, 2.24) is 9.78 Å². The molecule has 3 aromatic rings. The Labute approximate surface area is 130 Å². The molecule has 2 aromatic heterocycles. The predicted octanol–water partition coefficient (Wildman–Crippen LogP) is 4.16. The number of thiophene rings is 1. The highest BCUT2D eigenvalue weighted by Gasteiger charge is 2.16. The van der Waals surface area contributed by atoms with Gasteiger partial charge in [0.15, 0.2) is 0 Å². The number of benzene rings is 1. The zero-order valence-electron chi connectivity index (χ0n) is 11.1. The number of fused-ring (bicyclic) bond motifs is 1. The van der Waals surface area contributed by atoms with Gasteiger partial charge in [0.05, 0.1) is 21.1 Å². The second-order valence-electron chi connectivity index (χ2n) is 4.68. The van der Waals surface area contributed by atoms with Gasteiger partial charge >= 0.3 is 0 Å². The summed E-state index contributed by atoms with van der Waals surface area (Å²) in [5, 5.41) is 18.1. The second-order valence-corrected chi connectivity index (χ2v) is 6.97. The largest absolute Gasteiger partial charge is 0.388 e. The average molecular weight is 351 g/mol. The lowest BCUT2D eigenvalue weighted by Gasteiger charge is -2.06. The van der Waals surface area contributed by atoms with Crippen LogP contribution in [0.1, 0.15) is 24.3 Å². The van der Waals surface area contributed by atoms with Gasteiger partial charge in [-0.25, -0.2) is 0 Å². The summed E-state index contributed by atoms with van der Waals surface area (Å²) in [5.74, 6) is 0. The van der Waals surface area contributed by atoms with E-state index in [2.05, 4.69) is 40.1 Å². The molecule has 0 saturated heterocycles. The quantitative estimate of drug-likeness (QED) is 0.767. The highest BCUT2D eigenvalue weighted by Crippen LogP contribution is 2.29. The predicted molar refractivity (Wildman–Crippen MR) is 86.1 cm³/mol. The molecule has 0 aliphatic rings. The van der Waals surface area contributed by atoms with Gasteiger partial charge in [-0.15, -0.1) is 11.3 Å². The zero-order valence-corrected chi connectivity index (χ0v) is 13.5. The molecule has 0 spiro atoms. The molecular weight excluding hydrogens is 336 g/mol. The average Bonchev–Trinajstić information content (AvgIpc) is 3.03. The SMILES string of the molecule is CCn1nc(CC(O)c2csc(Br)c2)c2ccccc21. The highest BCUT2D eigenvalue weighted by atomic mass is 79.9. The fourth-order valence-corrected chi connectivity index (χ4v) is 3.61. The number of nitrogens with zero attached hydrogens (tertiary/aromatic N) is 2. The number of aliphatic hydroxyl groups excluding tert-OH is 1. The van der Waals surface area contributed by atoms with Crippen LogP contribution < -0.4 is 0 Å². The van der Waals surface area contributed by atoms with Crippen LogP contribution in [-0.4, -0.2) is 14.9 Å². The van der Waals surface area contributed by atoms with Crippen LogP contribution in [0.3, 0.4) is 0 Å². The standard InChI is InChI=1S/C15H15BrN2OS/c1-2-18-13-6-4-3-5-11(13)12(17-18)8-14(19)10-7-15(16)20-9-10/h3-7,9,14,19H,2,8H2,1H3. The van der Waals surface area contributed by atoms with Crippen molar-refractivity contribution in [2.45, 2.75) is 26.0 Å². The summed E-state index contributed by atoms with van der Waals surface area (Å²) in [6.45, 7) is 2.91. The van der Waals surface area contributed by atoms with Crippen molar-refractivity contribution in [3.63, 3.8) is 0 Å². The molecule has 0 aliphatic carbocycles. The lowest BCUT2D eigenvalue weighted by molar-refractivity contribution is 0.178. The first kappa shape index (κ1) is 13.8. The molecule has 1 unspecified atom stereocenters. The van der Waals surface area contributed by atoms with Gasteiger partial charge in [0.1, 0.15) is 0 Å². The van der Waals surface area contributed by atoms with E-state index in [-0.39, 0.29) is 0 Å². The third-order valence-corrected chi connectivity index (χ3v) is 4.92. The number of hydrogen-bond acceptors (Lipinski definition) is 3. The van der Waals surface area contributed by atoms with Gasteiger partial charge in [-0.05, 0) is 45.9 Å². The molecular formula is C15H15BrN2OS. The van der Waals surface area contributed by atoms with Crippen LogP contribution in [0.4, 0.5) is 0 Å². The zero-order chi connectivity index (χ0) is 14.1. The van der Waals surface area contributed by atoms with E-state index in [1.165, 1.54) is 0 Å². The second kappa shape index (κ2) is 5.68. The molecule has 1 aromatic carbocycles. The van der Waals surface area contributed by atoms with Gasteiger partial charge < -0.3 is 5.11 Å². The third kappa shape index (κ3) is 2.53. The summed E-state index contributed by atoms with van der Waals surface area (Å²) in [7, 11) is 0. The van der Waals surface area contributed by atoms with Gasteiger partial charge in [-0.2, -0.15) is 5.10 Å². The Morgan fingerprint density at radius 2 is 2.20 bits per heavy atom.